The first-order valence-corrected chi connectivity index (χ1v) is 13.2. The number of carbonyl (C=O) groups is 1. The van der Waals surface area contributed by atoms with Crippen molar-refractivity contribution in [2.24, 2.45) is 11.5 Å². The standard InChI is InChI=1S/C28H26N8O7/c1-15-5-4-6-16-9-39-26(31-16)20-13-43-28(36-20)22-14-42-25(35-22)18(7-2-3-8-29)32-23(37)19-11-41-27(33-19)21-12-40-24(34-21)17(30)10-38-15/h4-5,9-14,18H,1-3,6-8,29-30H2,(H,32,37)/b5-4+,17-10-. The van der Waals surface area contributed by atoms with Crippen molar-refractivity contribution in [1.82, 2.24) is 30.2 Å². The molecule has 15 nitrogen and oxygen atoms in total. The molecular formula is C28H26N8O7. The molecule has 5 aromatic heterocycles. The molecule has 1 aliphatic heterocycles. The number of hydrogen-bond acceptors (Lipinski definition) is 14. The largest absolute Gasteiger partial charge is 0.463 e. The molecule has 5 aromatic rings. The Hall–Kier alpha value is -5.70. The van der Waals surface area contributed by atoms with Gasteiger partial charge in [-0.05, 0) is 31.9 Å². The zero-order valence-corrected chi connectivity index (χ0v) is 22.7. The zero-order valence-electron chi connectivity index (χ0n) is 22.7. The maximum atomic E-state index is 13.2. The van der Waals surface area contributed by atoms with Gasteiger partial charge in [-0.3, -0.25) is 4.79 Å². The van der Waals surface area contributed by atoms with E-state index in [0.717, 1.165) is 6.42 Å². The van der Waals surface area contributed by atoms with Crippen LogP contribution in [0.5, 0.6) is 0 Å². The fraction of sp³-hybridized carbons (Fsp3) is 0.214. The summed E-state index contributed by atoms with van der Waals surface area (Å²) in [5, 5.41) is 2.90. The minimum atomic E-state index is -0.599. The Bertz CT molecular complexity index is 1800. The Kier molecular flexibility index (Phi) is 7.69. The van der Waals surface area contributed by atoms with E-state index in [9.17, 15) is 4.79 Å². The third-order valence-corrected chi connectivity index (χ3v) is 6.24. The van der Waals surface area contributed by atoms with Crippen molar-refractivity contribution in [3.05, 3.63) is 85.2 Å². The molecule has 6 rings (SSSR count). The molecule has 0 radical (unpaired) electrons. The van der Waals surface area contributed by atoms with Crippen molar-refractivity contribution >= 4 is 11.6 Å². The maximum absolute atomic E-state index is 13.2. The van der Waals surface area contributed by atoms with Gasteiger partial charge in [-0.2, -0.15) is 0 Å². The summed E-state index contributed by atoms with van der Waals surface area (Å²) >= 11 is 0. The van der Waals surface area contributed by atoms with Gasteiger partial charge >= 0.3 is 0 Å². The SMILES string of the molecule is C=C1/C=C/Cc2coc(n2)-c2coc(n2)-c2coc(n2)C(CCCCN)NC(=O)c2coc(n2)-c2coc(n2)/C(N)=C/O1. The average molecular weight is 587 g/mol. The molecule has 0 fully saturated rings. The summed E-state index contributed by atoms with van der Waals surface area (Å²) in [6.45, 7) is 4.34. The van der Waals surface area contributed by atoms with E-state index in [4.69, 9.17) is 38.3 Å². The van der Waals surface area contributed by atoms with E-state index < -0.39 is 11.9 Å². The number of nitrogens with two attached hydrogens (primary N) is 2. The molecule has 43 heavy (non-hydrogen) atoms. The van der Waals surface area contributed by atoms with Gasteiger partial charge in [-0.25, -0.2) is 24.9 Å². The number of unbranched alkanes of at least 4 members (excludes halogenated alkanes) is 1. The third-order valence-electron chi connectivity index (χ3n) is 6.24. The molecule has 5 N–H and O–H groups in total. The lowest BCUT2D eigenvalue weighted by molar-refractivity contribution is 0.0922. The van der Waals surface area contributed by atoms with Crippen molar-refractivity contribution < 1.29 is 31.6 Å². The lowest BCUT2D eigenvalue weighted by Gasteiger charge is -2.14. The predicted octanol–water partition coefficient (Wildman–Crippen LogP) is 4.13. The Labute approximate surface area is 243 Å². The van der Waals surface area contributed by atoms with Gasteiger partial charge in [0, 0.05) is 6.42 Å². The van der Waals surface area contributed by atoms with E-state index in [1.165, 1.54) is 37.6 Å². The van der Waals surface area contributed by atoms with Gasteiger partial charge in [0.2, 0.25) is 29.5 Å². The summed E-state index contributed by atoms with van der Waals surface area (Å²) in [4.78, 5) is 35.1. The number of nitrogens with one attached hydrogen (secondary N) is 1. The highest BCUT2D eigenvalue weighted by Gasteiger charge is 2.25. The van der Waals surface area contributed by atoms with Gasteiger partial charge in [0.05, 0.1) is 5.69 Å². The summed E-state index contributed by atoms with van der Waals surface area (Å²) in [6, 6.07) is -0.599. The van der Waals surface area contributed by atoms with Crippen LogP contribution in [0.4, 0.5) is 0 Å². The van der Waals surface area contributed by atoms with Crippen LogP contribution in [0.25, 0.3) is 40.5 Å². The topological polar surface area (TPSA) is 221 Å². The van der Waals surface area contributed by atoms with E-state index in [1.54, 1.807) is 12.2 Å². The highest BCUT2D eigenvalue weighted by molar-refractivity contribution is 5.92. The van der Waals surface area contributed by atoms with Crippen LogP contribution in [-0.2, 0) is 11.2 Å². The second-order valence-corrected chi connectivity index (χ2v) is 9.40. The van der Waals surface area contributed by atoms with Crippen molar-refractivity contribution in [2.75, 3.05) is 6.54 Å². The molecule has 1 aliphatic rings. The van der Waals surface area contributed by atoms with Crippen LogP contribution in [0.2, 0.25) is 0 Å². The lowest BCUT2D eigenvalue weighted by Crippen LogP contribution is -2.29. The van der Waals surface area contributed by atoms with Gasteiger partial charge in [-0.1, -0.05) is 12.7 Å². The van der Waals surface area contributed by atoms with Gasteiger partial charge in [-0.15, -0.1) is 0 Å². The van der Waals surface area contributed by atoms with Crippen molar-refractivity contribution in [2.45, 2.75) is 31.7 Å². The van der Waals surface area contributed by atoms with E-state index in [0.29, 0.717) is 48.6 Å². The van der Waals surface area contributed by atoms with Crippen molar-refractivity contribution in [1.29, 1.82) is 0 Å². The minimum absolute atomic E-state index is 0.0123. The molecule has 220 valence electrons. The van der Waals surface area contributed by atoms with E-state index in [-0.39, 0.29) is 46.5 Å². The molecule has 15 heteroatoms. The number of rotatable bonds is 4. The average Bonchev–Trinajstić information content (AvgIpc) is 3.84. The second-order valence-electron chi connectivity index (χ2n) is 9.40. The quantitative estimate of drug-likeness (QED) is 0.252. The Balaban J connectivity index is 1.33. The summed E-state index contributed by atoms with van der Waals surface area (Å²) in [5.41, 5.74) is 13.4. The van der Waals surface area contributed by atoms with Crippen molar-refractivity contribution in [3.8, 4) is 34.8 Å². The van der Waals surface area contributed by atoms with Gasteiger partial charge in [0.15, 0.2) is 22.8 Å². The number of hydrogen-bond donors (Lipinski definition) is 3. The summed E-state index contributed by atoms with van der Waals surface area (Å²) in [5.74, 6) is 0.624. The number of ether oxygens (including phenoxy) is 1. The van der Waals surface area contributed by atoms with Crippen LogP contribution in [0.1, 0.15) is 53.3 Å². The summed E-state index contributed by atoms with van der Waals surface area (Å²) < 4.78 is 33.3. The fourth-order valence-corrected chi connectivity index (χ4v) is 4.08. The van der Waals surface area contributed by atoms with Crippen LogP contribution >= 0.6 is 0 Å². The number of allylic oxidation sites excluding steroid dienone is 2. The van der Waals surface area contributed by atoms with Crippen LogP contribution < -0.4 is 16.8 Å². The monoisotopic (exact) mass is 586 g/mol. The zero-order chi connectivity index (χ0) is 29.8. The Morgan fingerprint density at radius 2 is 1.44 bits per heavy atom. The summed E-state index contributed by atoms with van der Waals surface area (Å²) in [7, 11) is 0. The smallest absolute Gasteiger partial charge is 0.273 e. The molecule has 6 heterocycles. The predicted molar refractivity (Wildman–Crippen MR) is 148 cm³/mol. The summed E-state index contributed by atoms with van der Waals surface area (Å²) in [6.07, 6.45) is 13.9. The van der Waals surface area contributed by atoms with Gasteiger partial charge in [0.25, 0.3) is 5.91 Å². The maximum Gasteiger partial charge on any atom is 0.273 e. The molecule has 1 amide bonds. The number of fused-ring (bicyclic) bond motifs is 13. The second kappa shape index (κ2) is 12.0. The van der Waals surface area contributed by atoms with Crippen LogP contribution in [0.15, 0.2) is 84.2 Å². The number of oxazole rings is 5. The van der Waals surface area contributed by atoms with Crippen LogP contribution in [0.3, 0.4) is 0 Å². The highest BCUT2D eigenvalue weighted by Crippen LogP contribution is 2.28. The Morgan fingerprint density at radius 3 is 2.23 bits per heavy atom. The molecule has 0 spiro atoms. The Morgan fingerprint density at radius 1 is 0.814 bits per heavy atom. The van der Waals surface area contributed by atoms with E-state index in [1.807, 2.05) is 0 Å². The number of aromatic nitrogens is 5. The minimum Gasteiger partial charge on any atom is -0.463 e. The van der Waals surface area contributed by atoms with Crippen LogP contribution in [0, 0.1) is 0 Å². The van der Waals surface area contributed by atoms with Crippen LogP contribution in [-0.4, -0.2) is 37.4 Å². The molecule has 0 saturated carbocycles. The first kappa shape index (κ1) is 27.5. The van der Waals surface area contributed by atoms with Gasteiger partial charge in [0.1, 0.15) is 55.1 Å². The molecule has 1 atom stereocenters. The molecule has 0 saturated heterocycles. The van der Waals surface area contributed by atoms with Gasteiger partial charge < -0.3 is 43.6 Å². The normalized spacial score (nSPS) is 17.7. The molecule has 0 aromatic carbocycles. The molecule has 10 bridgehead atoms. The molecule has 1 unspecified atom stereocenters. The fourth-order valence-electron chi connectivity index (χ4n) is 4.08. The number of carbonyl (C=O) groups excluding carboxylic acids is 1. The molecular weight excluding hydrogens is 560 g/mol. The van der Waals surface area contributed by atoms with Crippen molar-refractivity contribution in [3.63, 3.8) is 0 Å². The lowest BCUT2D eigenvalue weighted by atomic mass is 10.1. The molecule has 0 aliphatic carbocycles. The van der Waals surface area contributed by atoms with E-state index >= 15 is 0 Å². The first-order chi connectivity index (χ1) is 21.0. The number of nitrogens with zero attached hydrogens (tertiary/aromatic N) is 5. The highest BCUT2D eigenvalue weighted by atomic mass is 16.5. The number of amides is 1. The first-order valence-electron chi connectivity index (χ1n) is 13.2. The third kappa shape index (κ3) is 6.15. The van der Waals surface area contributed by atoms with E-state index in [2.05, 4.69) is 36.8 Å².